The average molecular weight is 281 g/mol. The molecule has 98 valence electrons. The largest absolute Gasteiger partial charge is 0.478 e. The Bertz CT molecular complexity index is 647. The third kappa shape index (κ3) is 3.00. The number of aromatic carboxylic acids is 1. The zero-order valence-corrected chi connectivity index (χ0v) is 10.7. The fourth-order valence-electron chi connectivity index (χ4n) is 1.57. The molecule has 0 amide bonds. The molecule has 0 aliphatic carbocycles. The van der Waals surface area contributed by atoms with Crippen molar-refractivity contribution in [1.82, 2.24) is 4.98 Å². The van der Waals surface area contributed by atoms with E-state index in [2.05, 4.69) is 10.3 Å². The number of halogens is 2. The molecule has 0 radical (unpaired) electrons. The number of hydrogen-bond donors (Lipinski definition) is 2. The van der Waals surface area contributed by atoms with Gasteiger partial charge in [-0.15, -0.1) is 0 Å². The van der Waals surface area contributed by atoms with Gasteiger partial charge in [0.05, 0.1) is 16.4 Å². The third-order valence-electron chi connectivity index (χ3n) is 2.47. The number of aromatic nitrogens is 1. The van der Waals surface area contributed by atoms with E-state index in [-0.39, 0.29) is 5.56 Å². The van der Waals surface area contributed by atoms with Crippen LogP contribution in [0.5, 0.6) is 0 Å². The van der Waals surface area contributed by atoms with Crippen LogP contribution < -0.4 is 5.32 Å². The molecule has 4 nitrogen and oxygen atoms in total. The molecule has 1 aromatic carbocycles. The lowest BCUT2D eigenvalue weighted by molar-refractivity contribution is 0.0697. The monoisotopic (exact) mass is 280 g/mol. The zero-order valence-electron chi connectivity index (χ0n) is 9.95. The van der Waals surface area contributed by atoms with E-state index in [4.69, 9.17) is 16.7 Å². The molecule has 19 heavy (non-hydrogen) atoms. The van der Waals surface area contributed by atoms with E-state index in [0.29, 0.717) is 22.1 Å². The van der Waals surface area contributed by atoms with Crippen LogP contribution in [0.3, 0.4) is 0 Å². The van der Waals surface area contributed by atoms with Crippen molar-refractivity contribution in [2.45, 2.75) is 6.92 Å². The minimum atomic E-state index is -1.12. The average Bonchev–Trinajstić information content (AvgIpc) is 2.33. The fraction of sp³-hybridized carbons (Fsp3) is 0.0769. The van der Waals surface area contributed by atoms with Crippen LogP contribution in [0.4, 0.5) is 15.8 Å². The van der Waals surface area contributed by atoms with Gasteiger partial charge >= 0.3 is 5.97 Å². The van der Waals surface area contributed by atoms with Gasteiger partial charge in [0.25, 0.3) is 0 Å². The zero-order chi connectivity index (χ0) is 14.0. The highest BCUT2D eigenvalue weighted by Crippen LogP contribution is 2.28. The summed E-state index contributed by atoms with van der Waals surface area (Å²) >= 11 is 5.93. The summed E-state index contributed by atoms with van der Waals surface area (Å²) in [7, 11) is 0. The van der Waals surface area contributed by atoms with Gasteiger partial charge in [0.1, 0.15) is 11.4 Å². The molecule has 2 rings (SSSR count). The van der Waals surface area contributed by atoms with Crippen molar-refractivity contribution in [3.63, 3.8) is 0 Å². The van der Waals surface area contributed by atoms with E-state index in [0.717, 1.165) is 0 Å². The molecule has 6 heteroatoms. The molecule has 0 saturated heterocycles. The maximum absolute atomic E-state index is 13.2. The van der Waals surface area contributed by atoms with Crippen LogP contribution in [-0.2, 0) is 0 Å². The lowest BCUT2D eigenvalue weighted by Crippen LogP contribution is -2.04. The number of nitrogens with one attached hydrogen (secondary N) is 1. The Morgan fingerprint density at radius 1 is 1.37 bits per heavy atom. The third-order valence-corrected chi connectivity index (χ3v) is 2.80. The minimum Gasteiger partial charge on any atom is -0.478 e. The van der Waals surface area contributed by atoms with E-state index in [1.807, 2.05) is 0 Å². The minimum absolute atomic E-state index is 0.00840. The summed E-state index contributed by atoms with van der Waals surface area (Å²) < 4.78 is 13.2. The number of nitrogens with zero attached hydrogens (tertiary/aromatic N) is 1. The van der Waals surface area contributed by atoms with Crippen molar-refractivity contribution in [3.8, 4) is 0 Å². The highest BCUT2D eigenvalue weighted by atomic mass is 35.5. The Morgan fingerprint density at radius 2 is 2.11 bits per heavy atom. The second kappa shape index (κ2) is 5.24. The highest BCUT2D eigenvalue weighted by molar-refractivity contribution is 6.33. The molecule has 0 spiro atoms. The van der Waals surface area contributed by atoms with Crippen LogP contribution in [0.2, 0.25) is 5.02 Å². The van der Waals surface area contributed by atoms with Gasteiger partial charge in [-0.2, -0.15) is 0 Å². The van der Waals surface area contributed by atoms with Crippen LogP contribution >= 0.6 is 11.6 Å². The number of carboxylic acid groups (broad SMARTS) is 1. The predicted molar refractivity (Wildman–Crippen MR) is 70.6 cm³/mol. The predicted octanol–water partition coefficient (Wildman–Crippen LogP) is 3.62. The number of rotatable bonds is 3. The molecule has 2 aromatic rings. The molecule has 0 bridgehead atoms. The maximum atomic E-state index is 13.2. The summed E-state index contributed by atoms with van der Waals surface area (Å²) in [5.41, 5.74) is 1.24. The second-order valence-electron chi connectivity index (χ2n) is 3.93. The van der Waals surface area contributed by atoms with Gasteiger partial charge in [0.15, 0.2) is 0 Å². The molecule has 0 aliphatic heterocycles. The van der Waals surface area contributed by atoms with Crippen LogP contribution in [0.15, 0.2) is 30.5 Å². The second-order valence-corrected chi connectivity index (χ2v) is 4.33. The maximum Gasteiger partial charge on any atom is 0.339 e. The summed E-state index contributed by atoms with van der Waals surface area (Å²) in [6.07, 6.45) is 1.24. The van der Waals surface area contributed by atoms with Crippen LogP contribution in [0.1, 0.15) is 16.1 Å². The normalized spacial score (nSPS) is 10.3. The summed E-state index contributed by atoms with van der Waals surface area (Å²) in [5.74, 6) is -1.59. The summed E-state index contributed by atoms with van der Waals surface area (Å²) in [6, 6.07) is 5.38. The smallest absolute Gasteiger partial charge is 0.339 e. The van der Waals surface area contributed by atoms with E-state index in [9.17, 15) is 9.18 Å². The van der Waals surface area contributed by atoms with E-state index in [1.165, 1.54) is 24.4 Å². The van der Waals surface area contributed by atoms with Gasteiger partial charge < -0.3 is 10.4 Å². The first kappa shape index (κ1) is 13.3. The van der Waals surface area contributed by atoms with Crippen molar-refractivity contribution in [2.24, 2.45) is 0 Å². The molecule has 1 heterocycles. The molecule has 0 unspecified atom stereocenters. The Hall–Kier alpha value is -2.14. The van der Waals surface area contributed by atoms with Crippen LogP contribution in [0, 0.1) is 12.7 Å². The first-order chi connectivity index (χ1) is 8.97. The molecule has 0 atom stereocenters. The summed E-state index contributed by atoms with van der Waals surface area (Å²) in [6.45, 7) is 1.73. The molecular weight excluding hydrogens is 271 g/mol. The SMILES string of the molecule is Cc1cc(Nc2cc(F)ccc2Cl)c(C(=O)O)cn1. The number of hydrogen-bond acceptors (Lipinski definition) is 3. The van der Waals surface area contributed by atoms with Gasteiger partial charge in [-0.3, -0.25) is 4.98 Å². The Labute approximate surface area is 113 Å². The lowest BCUT2D eigenvalue weighted by Gasteiger charge is -2.11. The number of aryl methyl sites for hydroxylation is 1. The van der Waals surface area contributed by atoms with Gasteiger partial charge in [0.2, 0.25) is 0 Å². The fourth-order valence-corrected chi connectivity index (χ4v) is 1.74. The van der Waals surface area contributed by atoms with Crippen LogP contribution in [0.25, 0.3) is 0 Å². The van der Waals surface area contributed by atoms with Gasteiger partial charge in [-0.05, 0) is 31.2 Å². The number of carboxylic acids is 1. The quantitative estimate of drug-likeness (QED) is 0.901. The van der Waals surface area contributed by atoms with E-state index in [1.54, 1.807) is 13.0 Å². The van der Waals surface area contributed by atoms with E-state index >= 15 is 0 Å². The van der Waals surface area contributed by atoms with Gasteiger partial charge in [-0.25, -0.2) is 9.18 Å². The lowest BCUT2D eigenvalue weighted by atomic mass is 10.2. The Kier molecular flexibility index (Phi) is 3.66. The topological polar surface area (TPSA) is 62.2 Å². The van der Waals surface area contributed by atoms with E-state index < -0.39 is 11.8 Å². The first-order valence-corrected chi connectivity index (χ1v) is 5.77. The van der Waals surface area contributed by atoms with Crippen molar-refractivity contribution < 1.29 is 14.3 Å². The summed E-state index contributed by atoms with van der Waals surface area (Å²) in [4.78, 5) is 15.0. The van der Waals surface area contributed by atoms with Crippen molar-refractivity contribution in [2.75, 3.05) is 5.32 Å². The Balaban J connectivity index is 2.45. The number of pyridine rings is 1. The Morgan fingerprint density at radius 3 is 2.79 bits per heavy atom. The van der Waals surface area contributed by atoms with Gasteiger partial charge in [0, 0.05) is 11.9 Å². The van der Waals surface area contributed by atoms with Crippen molar-refractivity contribution in [3.05, 3.63) is 52.6 Å². The molecule has 0 aliphatic rings. The van der Waals surface area contributed by atoms with Gasteiger partial charge in [-0.1, -0.05) is 11.6 Å². The first-order valence-electron chi connectivity index (χ1n) is 5.39. The number of benzene rings is 1. The molecule has 0 fully saturated rings. The molecule has 0 saturated carbocycles. The number of carbonyl (C=O) groups is 1. The molecule has 2 N–H and O–H groups in total. The summed E-state index contributed by atoms with van der Waals surface area (Å²) in [5, 5.41) is 12.2. The van der Waals surface area contributed by atoms with Crippen molar-refractivity contribution in [1.29, 1.82) is 0 Å². The number of anilines is 2. The molecule has 1 aromatic heterocycles. The highest BCUT2D eigenvalue weighted by Gasteiger charge is 2.12. The van der Waals surface area contributed by atoms with Crippen LogP contribution in [-0.4, -0.2) is 16.1 Å². The van der Waals surface area contributed by atoms with Crippen molar-refractivity contribution >= 4 is 28.9 Å². The standard InChI is InChI=1S/C13H10ClFN2O2/c1-7-4-11(9(6-16-7)13(18)19)17-12-5-8(15)2-3-10(12)14/h2-6H,1H3,(H,16,17)(H,18,19). The molecular formula is C13H10ClFN2O2.